The Bertz CT molecular complexity index is 1130. The summed E-state index contributed by atoms with van der Waals surface area (Å²) in [5.74, 6) is 0.701. The van der Waals surface area contributed by atoms with Gasteiger partial charge >= 0.3 is 6.18 Å². The Morgan fingerprint density at radius 2 is 1.88 bits per heavy atom. The molecule has 2 fully saturated rings. The minimum atomic E-state index is -4.39. The minimum absolute atomic E-state index is 0.0776. The molecule has 1 saturated carbocycles. The molecule has 2 aromatic heterocycles. The zero-order chi connectivity index (χ0) is 22.6. The number of ether oxygens (including phenoxy) is 1. The number of rotatable bonds is 3. The number of imidazole rings is 1. The van der Waals surface area contributed by atoms with Crippen LogP contribution in [0.3, 0.4) is 0 Å². The summed E-state index contributed by atoms with van der Waals surface area (Å²) in [7, 11) is 0. The molecule has 0 bridgehead atoms. The first-order valence-electron chi connectivity index (χ1n) is 11.1. The molecule has 1 spiro atoms. The van der Waals surface area contributed by atoms with Crippen molar-refractivity contribution in [2.75, 3.05) is 11.9 Å². The molecule has 1 aliphatic carbocycles. The van der Waals surface area contributed by atoms with Gasteiger partial charge in [0, 0.05) is 23.6 Å². The highest BCUT2D eigenvalue weighted by molar-refractivity contribution is 5.64. The maximum atomic E-state index is 13.1. The van der Waals surface area contributed by atoms with E-state index in [1.807, 2.05) is 12.1 Å². The lowest BCUT2D eigenvalue weighted by atomic mass is 9.63. The number of nitrogens with zero attached hydrogens (tertiary/aromatic N) is 3. The van der Waals surface area contributed by atoms with E-state index in [1.165, 1.54) is 6.07 Å². The second kappa shape index (κ2) is 7.47. The second-order valence-electron chi connectivity index (χ2n) is 9.52. The van der Waals surface area contributed by atoms with Gasteiger partial charge in [-0.3, -0.25) is 0 Å². The molecule has 2 aliphatic rings. The quantitative estimate of drug-likeness (QED) is 0.542. The fraction of sp³-hybridized carbons (Fsp3) is 0.500. The summed E-state index contributed by atoms with van der Waals surface area (Å²) in [6.07, 6.45) is 2.59. The topological polar surface area (TPSA) is 51.5 Å². The molecule has 3 heterocycles. The van der Waals surface area contributed by atoms with E-state index in [-0.39, 0.29) is 11.0 Å². The number of fused-ring (bicyclic) bond motifs is 1. The molecule has 0 radical (unpaired) electrons. The van der Waals surface area contributed by atoms with Crippen LogP contribution in [0.25, 0.3) is 16.9 Å². The van der Waals surface area contributed by atoms with Crippen LogP contribution in [-0.4, -0.2) is 32.8 Å². The van der Waals surface area contributed by atoms with Gasteiger partial charge in [-0.15, -0.1) is 5.10 Å². The van der Waals surface area contributed by atoms with E-state index in [1.54, 1.807) is 16.8 Å². The number of halogens is 3. The van der Waals surface area contributed by atoms with Gasteiger partial charge in [0.25, 0.3) is 0 Å². The number of benzene rings is 1. The third-order valence-corrected chi connectivity index (χ3v) is 7.46. The van der Waals surface area contributed by atoms with E-state index in [9.17, 15) is 13.2 Å². The predicted octanol–water partition coefficient (Wildman–Crippen LogP) is 5.95. The largest absolute Gasteiger partial charge is 0.416 e. The maximum Gasteiger partial charge on any atom is 0.416 e. The SMILES string of the molecule is CC1(C)OCCC12CCC(Nc1ccc3ncc(-c4cccc(C(F)(F)F)c4)n3n1)CC2. The van der Waals surface area contributed by atoms with Crippen LogP contribution in [0.1, 0.15) is 51.5 Å². The van der Waals surface area contributed by atoms with Crippen molar-refractivity contribution >= 4 is 11.5 Å². The Kier molecular flexibility index (Phi) is 4.96. The van der Waals surface area contributed by atoms with Crippen molar-refractivity contribution < 1.29 is 17.9 Å². The Balaban J connectivity index is 1.36. The Hall–Kier alpha value is -2.61. The summed E-state index contributed by atoms with van der Waals surface area (Å²) in [6, 6.07) is 9.29. The van der Waals surface area contributed by atoms with Crippen LogP contribution >= 0.6 is 0 Å². The fourth-order valence-electron chi connectivity index (χ4n) is 5.33. The molecule has 0 unspecified atom stereocenters. The van der Waals surface area contributed by atoms with Crippen molar-refractivity contribution in [2.45, 2.75) is 63.8 Å². The molecule has 1 aromatic carbocycles. The van der Waals surface area contributed by atoms with Gasteiger partial charge in [0.2, 0.25) is 0 Å². The molecule has 5 rings (SSSR count). The molecule has 0 amide bonds. The standard InChI is InChI=1S/C24H27F3N4O/c1-22(2)23(12-13-32-22)10-8-18(9-11-23)29-20-6-7-21-28-15-19(31(21)30-20)16-4-3-5-17(14-16)24(25,26)27/h3-7,14-15,18H,8-13H2,1-2H3,(H,29,30). The van der Waals surface area contributed by atoms with Crippen molar-refractivity contribution in [2.24, 2.45) is 5.41 Å². The lowest BCUT2D eigenvalue weighted by molar-refractivity contribution is -0.137. The van der Waals surface area contributed by atoms with E-state index < -0.39 is 11.7 Å². The smallest absolute Gasteiger partial charge is 0.375 e. The van der Waals surface area contributed by atoms with Crippen molar-refractivity contribution in [1.82, 2.24) is 14.6 Å². The van der Waals surface area contributed by atoms with Crippen LogP contribution in [-0.2, 0) is 10.9 Å². The highest BCUT2D eigenvalue weighted by atomic mass is 19.4. The Morgan fingerprint density at radius 3 is 2.56 bits per heavy atom. The number of aromatic nitrogens is 3. The molecule has 170 valence electrons. The Morgan fingerprint density at radius 1 is 1.09 bits per heavy atom. The fourth-order valence-corrected chi connectivity index (χ4v) is 5.33. The zero-order valence-electron chi connectivity index (χ0n) is 18.2. The van der Waals surface area contributed by atoms with Crippen LogP contribution in [0.5, 0.6) is 0 Å². The zero-order valence-corrected chi connectivity index (χ0v) is 18.2. The van der Waals surface area contributed by atoms with Crippen LogP contribution in [0.2, 0.25) is 0 Å². The molecule has 32 heavy (non-hydrogen) atoms. The molecule has 1 N–H and O–H groups in total. The highest BCUT2D eigenvalue weighted by Crippen LogP contribution is 2.53. The van der Waals surface area contributed by atoms with Crippen molar-refractivity contribution in [3.05, 3.63) is 48.2 Å². The van der Waals surface area contributed by atoms with Gasteiger partial charge in [-0.1, -0.05) is 12.1 Å². The maximum absolute atomic E-state index is 13.1. The van der Waals surface area contributed by atoms with Gasteiger partial charge in [-0.05, 0) is 70.2 Å². The molecule has 3 aromatic rings. The highest BCUT2D eigenvalue weighted by Gasteiger charge is 2.51. The Labute approximate surface area is 185 Å². The number of hydrogen-bond donors (Lipinski definition) is 1. The molecule has 1 aliphatic heterocycles. The average Bonchev–Trinajstić information content (AvgIpc) is 3.29. The van der Waals surface area contributed by atoms with Crippen molar-refractivity contribution in [1.29, 1.82) is 0 Å². The second-order valence-corrected chi connectivity index (χ2v) is 9.52. The lowest BCUT2D eigenvalue weighted by Gasteiger charge is -2.45. The third kappa shape index (κ3) is 3.64. The first kappa shape index (κ1) is 21.2. The summed E-state index contributed by atoms with van der Waals surface area (Å²) < 4.78 is 47.1. The van der Waals surface area contributed by atoms with E-state index in [0.717, 1.165) is 50.8 Å². The summed E-state index contributed by atoms with van der Waals surface area (Å²) in [6.45, 7) is 5.25. The van der Waals surface area contributed by atoms with Crippen LogP contribution < -0.4 is 5.32 Å². The number of hydrogen-bond acceptors (Lipinski definition) is 4. The van der Waals surface area contributed by atoms with Crippen LogP contribution in [0.15, 0.2) is 42.6 Å². The van der Waals surface area contributed by atoms with Gasteiger partial charge in [-0.2, -0.15) is 13.2 Å². The average molecular weight is 445 g/mol. The first-order valence-corrected chi connectivity index (χ1v) is 11.1. The summed E-state index contributed by atoms with van der Waals surface area (Å²) in [5.41, 5.74) is 1.04. The van der Waals surface area contributed by atoms with Gasteiger partial charge in [0.05, 0.1) is 23.1 Å². The molecule has 0 atom stereocenters. The van der Waals surface area contributed by atoms with E-state index in [2.05, 4.69) is 29.2 Å². The van der Waals surface area contributed by atoms with Gasteiger partial charge in [0.1, 0.15) is 5.82 Å². The normalized spacial score (nSPS) is 25.5. The first-order chi connectivity index (χ1) is 15.2. The summed E-state index contributed by atoms with van der Waals surface area (Å²) in [4.78, 5) is 4.32. The van der Waals surface area contributed by atoms with Crippen molar-refractivity contribution in [3.8, 4) is 11.3 Å². The van der Waals surface area contributed by atoms with Gasteiger partial charge in [0.15, 0.2) is 5.65 Å². The number of alkyl halides is 3. The third-order valence-electron chi connectivity index (χ3n) is 7.46. The van der Waals surface area contributed by atoms with E-state index in [4.69, 9.17) is 4.74 Å². The van der Waals surface area contributed by atoms with Crippen LogP contribution in [0.4, 0.5) is 19.0 Å². The minimum Gasteiger partial charge on any atom is -0.375 e. The summed E-state index contributed by atoms with van der Waals surface area (Å²) in [5, 5.41) is 8.18. The number of anilines is 1. The lowest BCUT2D eigenvalue weighted by Crippen LogP contribution is -2.44. The summed E-state index contributed by atoms with van der Waals surface area (Å²) >= 11 is 0. The van der Waals surface area contributed by atoms with Gasteiger partial charge in [-0.25, -0.2) is 9.50 Å². The number of nitrogens with one attached hydrogen (secondary N) is 1. The molecule has 1 saturated heterocycles. The van der Waals surface area contributed by atoms with E-state index >= 15 is 0 Å². The molecular formula is C24H27F3N4O. The molecule has 8 heteroatoms. The molecular weight excluding hydrogens is 417 g/mol. The van der Waals surface area contributed by atoms with E-state index in [0.29, 0.717) is 28.8 Å². The van der Waals surface area contributed by atoms with Crippen LogP contribution in [0, 0.1) is 5.41 Å². The van der Waals surface area contributed by atoms with Crippen molar-refractivity contribution in [3.63, 3.8) is 0 Å². The van der Waals surface area contributed by atoms with Gasteiger partial charge < -0.3 is 10.1 Å². The predicted molar refractivity (Wildman–Crippen MR) is 116 cm³/mol. The molecule has 5 nitrogen and oxygen atoms in total. The monoisotopic (exact) mass is 444 g/mol.